The third kappa shape index (κ3) is 4.93. The van der Waals surface area contributed by atoms with Gasteiger partial charge in [-0.2, -0.15) is 0 Å². The summed E-state index contributed by atoms with van der Waals surface area (Å²) in [5.41, 5.74) is 0. The molecule has 2 rings (SSSR count). The van der Waals surface area contributed by atoms with E-state index in [4.69, 9.17) is 0 Å². The number of piperazine rings is 1. The quantitative estimate of drug-likeness (QED) is 0.834. The molecule has 2 heterocycles. The second kappa shape index (κ2) is 7.46. The standard InChI is InChI=1S/C14H27N3O.ClH/c1-11-4-6-17(7-5-11)14(18)10-16-8-12(2)15-13(3)9-16;/h11-13,15H,4-10H2,1-3H3;1H. The first-order chi connectivity index (χ1) is 8.54. The Morgan fingerprint density at radius 1 is 1.11 bits per heavy atom. The lowest BCUT2D eigenvalue weighted by Crippen LogP contribution is -2.56. The zero-order valence-corrected chi connectivity index (χ0v) is 13.2. The molecular weight excluding hydrogens is 262 g/mol. The highest BCUT2D eigenvalue weighted by atomic mass is 35.5. The number of hydrogen-bond acceptors (Lipinski definition) is 3. The summed E-state index contributed by atoms with van der Waals surface area (Å²) in [6, 6.07) is 0.978. The highest BCUT2D eigenvalue weighted by Crippen LogP contribution is 2.16. The maximum absolute atomic E-state index is 12.3. The van der Waals surface area contributed by atoms with Crippen molar-refractivity contribution in [1.29, 1.82) is 0 Å². The van der Waals surface area contributed by atoms with E-state index >= 15 is 0 Å². The smallest absolute Gasteiger partial charge is 0.236 e. The Bertz CT molecular complexity index is 282. The van der Waals surface area contributed by atoms with Gasteiger partial charge in [0.25, 0.3) is 0 Å². The maximum atomic E-state index is 12.3. The van der Waals surface area contributed by atoms with Gasteiger partial charge < -0.3 is 10.2 Å². The molecule has 112 valence electrons. The van der Waals surface area contributed by atoms with Gasteiger partial charge in [0.15, 0.2) is 0 Å². The third-order valence-electron chi connectivity index (χ3n) is 4.13. The number of likely N-dealkylation sites (tertiary alicyclic amines) is 1. The van der Waals surface area contributed by atoms with E-state index in [9.17, 15) is 4.79 Å². The zero-order chi connectivity index (χ0) is 13.1. The van der Waals surface area contributed by atoms with Gasteiger partial charge in [-0.3, -0.25) is 9.69 Å². The SMILES string of the molecule is CC1CCN(C(=O)CN2CC(C)NC(C)C2)CC1.Cl. The van der Waals surface area contributed by atoms with Crippen LogP contribution in [0.1, 0.15) is 33.6 Å². The summed E-state index contributed by atoms with van der Waals surface area (Å²) in [7, 11) is 0. The van der Waals surface area contributed by atoms with Crippen LogP contribution in [-0.4, -0.2) is 60.5 Å². The van der Waals surface area contributed by atoms with Crippen molar-refractivity contribution in [1.82, 2.24) is 15.1 Å². The van der Waals surface area contributed by atoms with Crippen molar-refractivity contribution < 1.29 is 4.79 Å². The van der Waals surface area contributed by atoms with Crippen molar-refractivity contribution >= 4 is 18.3 Å². The minimum absolute atomic E-state index is 0. The van der Waals surface area contributed by atoms with Gasteiger partial charge >= 0.3 is 0 Å². The first-order valence-electron chi connectivity index (χ1n) is 7.30. The summed E-state index contributed by atoms with van der Waals surface area (Å²) in [5.74, 6) is 1.11. The average molecular weight is 290 g/mol. The predicted octanol–water partition coefficient (Wildman–Crippen LogP) is 1.35. The molecule has 0 aromatic heterocycles. The van der Waals surface area contributed by atoms with Gasteiger partial charge in [0.1, 0.15) is 0 Å². The summed E-state index contributed by atoms with van der Waals surface area (Å²) in [4.78, 5) is 16.6. The minimum atomic E-state index is 0. The number of nitrogens with one attached hydrogen (secondary N) is 1. The topological polar surface area (TPSA) is 35.6 Å². The Labute approximate surface area is 123 Å². The normalized spacial score (nSPS) is 29.9. The van der Waals surface area contributed by atoms with Crippen LogP contribution in [0.4, 0.5) is 0 Å². The Morgan fingerprint density at radius 2 is 1.63 bits per heavy atom. The molecule has 5 heteroatoms. The fourth-order valence-corrected chi connectivity index (χ4v) is 3.12. The molecule has 19 heavy (non-hydrogen) atoms. The molecule has 0 aromatic rings. The summed E-state index contributed by atoms with van der Waals surface area (Å²) < 4.78 is 0. The van der Waals surface area contributed by atoms with Crippen molar-refractivity contribution in [2.75, 3.05) is 32.7 Å². The van der Waals surface area contributed by atoms with Crippen molar-refractivity contribution in [2.24, 2.45) is 5.92 Å². The number of halogens is 1. The highest BCUT2D eigenvalue weighted by molar-refractivity contribution is 5.85. The lowest BCUT2D eigenvalue weighted by atomic mass is 9.99. The van der Waals surface area contributed by atoms with Crippen LogP contribution in [0.3, 0.4) is 0 Å². The second-order valence-electron chi connectivity index (χ2n) is 6.23. The molecular formula is C14H28ClN3O. The molecule has 0 spiro atoms. The largest absolute Gasteiger partial charge is 0.342 e. The first kappa shape index (κ1) is 16.7. The van der Waals surface area contributed by atoms with Crippen molar-refractivity contribution in [3.8, 4) is 0 Å². The third-order valence-corrected chi connectivity index (χ3v) is 4.13. The molecule has 2 aliphatic rings. The Balaban J connectivity index is 0.00000180. The molecule has 1 N–H and O–H groups in total. The molecule has 0 aliphatic carbocycles. The Kier molecular flexibility index (Phi) is 6.57. The summed E-state index contributed by atoms with van der Waals surface area (Å²) >= 11 is 0. The maximum Gasteiger partial charge on any atom is 0.236 e. The van der Waals surface area contributed by atoms with Gasteiger partial charge in [-0.05, 0) is 32.6 Å². The lowest BCUT2D eigenvalue weighted by Gasteiger charge is -2.37. The van der Waals surface area contributed by atoms with E-state index in [1.807, 2.05) is 0 Å². The van der Waals surface area contributed by atoms with Crippen LogP contribution in [0.25, 0.3) is 0 Å². The van der Waals surface area contributed by atoms with E-state index in [-0.39, 0.29) is 12.4 Å². The molecule has 0 radical (unpaired) electrons. The number of piperidine rings is 1. The zero-order valence-electron chi connectivity index (χ0n) is 12.4. The highest BCUT2D eigenvalue weighted by Gasteiger charge is 2.26. The van der Waals surface area contributed by atoms with Gasteiger partial charge in [-0.1, -0.05) is 6.92 Å². The molecule has 2 unspecified atom stereocenters. The van der Waals surface area contributed by atoms with Gasteiger partial charge in [0.05, 0.1) is 6.54 Å². The van der Waals surface area contributed by atoms with Crippen LogP contribution in [-0.2, 0) is 4.79 Å². The van der Waals surface area contributed by atoms with Crippen LogP contribution in [0.2, 0.25) is 0 Å². The van der Waals surface area contributed by atoms with E-state index in [0.29, 0.717) is 24.5 Å². The van der Waals surface area contributed by atoms with Crippen molar-refractivity contribution in [3.63, 3.8) is 0 Å². The minimum Gasteiger partial charge on any atom is -0.342 e. The predicted molar refractivity (Wildman–Crippen MR) is 80.7 cm³/mol. The first-order valence-corrected chi connectivity index (χ1v) is 7.30. The molecule has 2 saturated heterocycles. The number of carbonyl (C=O) groups excluding carboxylic acids is 1. The summed E-state index contributed by atoms with van der Waals surface area (Å²) in [6.07, 6.45) is 2.33. The molecule has 2 aliphatic heterocycles. The summed E-state index contributed by atoms with van der Waals surface area (Å²) in [5, 5.41) is 3.50. The van der Waals surface area contributed by atoms with Gasteiger partial charge in [0.2, 0.25) is 5.91 Å². The molecule has 0 bridgehead atoms. The molecule has 4 nitrogen and oxygen atoms in total. The number of rotatable bonds is 2. The molecule has 2 fully saturated rings. The molecule has 0 aromatic carbocycles. The van der Waals surface area contributed by atoms with E-state index in [2.05, 4.69) is 35.9 Å². The summed E-state index contributed by atoms with van der Waals surface area (Å²) in [6.45, 7) is 11.1. The molecule has 1 amide bonds. The van der Waals surface area contributed by atoms with Crippen LogP contribution >= 0.6 is 12.4 Å². The van der Waals surface area contributed by atoms with E-state index in [1.165, 1.54) is 12.8 Å². The van der Waals surface area contributed by atoms with Crippen molar-refractivity contribution in [3.05, 3.63) is 0 Å². The fraction of sp³-hybridized carbons (Fsp3) is 0.929. The van der Waals surface area contributed by atoms with Crippen LogP contribution in [0, 0.1) is 5.92 Å². The molecule has 2 atom stereocenters. The van der Waals surface area contributed by atoms with E-state index in [0.717, 1.165) is 32.1 Å². The fourth-order valence-electron chi connectivity index (χ4n) is 3.12. The second-order valence-corrected chi connectivity index (χ2v) is 6.23. The van der Waals surface area contributed by atoms with Gasteiger partial charge in [-0.15, -0.1) is 12.4 Å². The van der Waals surface area contributed by atoms with Crippen LogP contribution in [0.15, 0.2) is 0 Å². The lowest BCUT2D eigenvalue weighted by molar-refractivity contribution is -0.134. The van der Waals surface area contributed by atoms with Gasteiger partial charge in [-0.25, -0.2) is 0 Å². The van der Waals surface area contributed by atoms with Crippen LogP contribution < -0.4 is 5.32 Å². The van der Waals surface area contributed by atoms with Gasteiger partial charge in [0, 0.05) is 38.3 Å². The number of nitrogens with zero attached hydrogens (tertiary/aromatic N) is 2. The Morgan fingerprint density at radius 3 is 2.16 bits per heavy atom. The van der Waals surface area contributed by atoms with Crippen molar-refractivity contribution in [2.45, 2.75) is 45.7 Å². The number of carbonyl (C=O) groups is 1. The van der Waals surface area contributed by atoms with E-state index in [1.54, 1.807) is 0 Å². The van der Waals surface area contributed by atoms with Crippen LogP contribution in [0.5, 0.6) is 0 Å². The number of hydrogen-bond donors (Lipinski definition) is 1. The average Bonchev–Trinajstić information content (AvgIpc) is 2.28. The monoisotopic (exact) mass is 289 g/mol. The Hall–Kier alpha value is -0.320. The molecule has 0 saturated carbocycles. The number of amides is 1. The van der Waals surface area contributed by atoms with E-state index < -0.39 is 0 Å².